The minimum absolute atomic E-state index is 0.232. The molecule has 0 bridgehead atoms. The summed E-state index contributed by atoms with van der Waals surface area (Å²) in [4.78, 5) is 26.4. The highest BCUT2D eigenvalue weighted by atomic mass is 16.6. The number of rotatable bonds is 4. The largest absolute Gasteiger partial charge is 0.465 e. The van der Waals surface area contributed by atoms with E-state index in [1.54, 1.807) is 19.1 Å². The second-order valence-corrected chi connectivity index (χ2v) is 4.68. The molecule has 1 amide bonds. The highest BCUT2D eigenvalue weighted by Crippen LogP contribution is 2.22. The maximum atomic E-state index is 11.0. The van der Waals surface area contributed by atoms with Gasteiger partial charge in [0.15, 0.2) is 0 Å². The fourth-order valence-corrected chi connectivity index (χ4v) is 2.06. The van der Waals surface area contributed by atoms with Gasteiger partial charge in [0.25, 0.3) is 0 Å². The molecule has 2 rings (SSSR count). The Morgan fingerprint density at radius 2 is 2.43 bits per heavy atom. The van der Waals surface area contributed by atoms with E-state index in [1.165, 1.54) is 4.90 Å². The maximum absolute atomic E-state index is 11.0. The van der Waals surface area contributed by atoms with Crippen molar-refractivity contribution in [1.29, 1.82) is 0 Å². The fourth-order valence-electron chi connectivity index (χ4n) is 2.06. The van der Waals surface area contributed by atoms with Gasteiger partial charge in [0.1, 0.15) is 11.4 Å². The van der Waals surface area contributed by atoms with Gasteiger partial charge in [-0.1, -0.05) is 0 Å². The molecule has 21 heavy (non-hydrogen) atoms. The van der Waals surface area contributed by atoms with Gasteiger partial charge < -0.3 is 30.2 Å². The maximum Gasteiger partial charge on any atom is 0.407 e. The standard InChI is InChI=1S/C12H16N4O5/c1-8-2-3-10(11(14-8)16(19)20)13-6-9-7-15(12(17)18)4-5-21-9/h2-3,9,13H,4-7H2,1H3,(H,17,18)/t9-/m0/s1. The lowest BCUT2D eigenvalue weighted by Gasteiger charge is -2.31. The van der Waals surface area contributed by atoms with Crippen LogP contribution in [-0.2, 0) is 4.74 Å². The van der Waals surface area contributed by atoms with Crippen LogP contribution < -0.4 is 5.32 Å². The average Bonchev–Trinajstić information content (AvgIpc) is 2.46. The van der Waals surface area contributed by atoms with Crippen LogP contribution in [0.1, 0.15) is 5.69 Å². The molecule has 2 heterocycles. The molecule has 0 radical (unpaired) electrons. The second-order valence-electron chi connectivity index (χ2n) is 4.68. The zero-order valence-electron chi connectivity index (χ0n) is 11.5. The number of carbonyl (C=O) groups is 1. The summed E-state index contributed by atoms with van der Waals surface area (Å²) in [5, 5.41) is 22.8. The van der Waals surface area contributed by atoms with Crippen LogP contribution in [0.15, 0.2) is 12.1 Å². The minimum atomic E-state index is -0.994. The molecule has 9 heteroatoms. The number of aromatic nitrogens is 1. The molecule has 0 aliphatic carbocycles. The monoisotopic (exact) mass is 296 g/mol. The van der Waals surface area contributed by atoms with Crippen molar-refractivity contribution in [3.63, 3.8) is 0 Å². The molecule has 0 saturated carbocycles. The number of ether oxygens (including phenoxy) is 1. The van der Waals surface area contributed by atoms with E-state index in [-0.39, 0.29) is 25.0 Å². The minimum Gasteiger partial charge on any atom is -0.465 e. The van der Waals surface area contributed by atoms with Crippen molar-refractivity contribution in [2.75, 3.05) is 31.6 Å². The normalized spacial score (nSPS) is 18.3. The molecule has 1 fully saturated rings. The van der Waals surface area contributed by atoms with Gasteiger partial charge in [0, 0.05) is 20.0 Å². The lowest BCUT2D eigenvalue weighted by atomic mass is 10.2. The Balaban J connectivity index is 2.00. The third-order valence-corrected chi connectivity index (χ3v) is 3.12. The lowest BCUT2D eigenvalue weighted by Crippen LogP contribution is -2.47. The van der Waals surface area contributed by atoms with Gasteiger partial charge in [-0.05, 0) is 22.0 Å². The van der Waals surface area contributed by atoms with E-state index in [9.17, 15) is 14.9 Å². The van der Waals surface area contributed by atoms with E-state index in [2.05, 4.69) is 10.3 Å². The summed E-state index contributed by atoms with van der Waals surface area (Å²) in [6.45, 7) is 2.82. The van der Waals surface area contributed by atoms with Crippen molar-refractivity contribution in [3.05, 3.63) is 27.9 Å². The van der Waals surface area contributed by atoms with Gasteiger partial charge in [-0.2, -0.15) is 0 Å². The quantitative estimate of drug-likeness (QED) is 0.630. The fraction of sp³-hybridized carbons (Fsp3) is 0.500. The number of amides is 1. The number of pyridine rings is 1. The summed E-state index contributed by atoms with van der Waals surface area (Å²) in [6.07, 6.45) is -1.35. The number of carboxylic acid groups (broad SMARTS) is 1. The zero-order valence-corrected chi connectivity index (χ0v) is 11.5. The Bertz CT molecular complexity index is 550. The van der Waals surface area contributed by atoms with Crippen LogP contribution in [-0.4, -0.2) is 58.4 Å². The molecule has 1 aliphatic rings. The lowest BCUT2D eigenvalue weighted by molar-refractivity contribution is -0.388. The third kappa shape index (κ3) is 3.78. The first-order valence-corrected chi connectivity index (χ1v) is 6.42. The van der Waals surface area contributed by atoms with Crippen molar-refractivity contribution < 1.29 is 19.6 Å². The summed E-state index contributed by atoms with van der Waals surface area (Å²) in [5.41, 5.74) is 0.847. The topological polar surface area (TPSA) is 118 Å². The van der Waals surface area contributed by atoms with Crippen molar-refractivity contribution in [2.45, 2.75) is 13.0 Å². The summed E-state index contributed by atoms with van der Waals surface area (Å²) < 4.78 is 5.45. The number of aryl methyl sites for hydroxylation is 1. The zero-order chi connectivity index (χ0) is 15.4. The van der Waals surface area contributed by atoms with E-state index >= 15 is 0 Å². The van der Waals surface area contributed by atoms with E-state index in [1.807, 2.05) is 0 Å². The molecule has 1 aromatic rings. The predicted octanol–water partition coefficient (Wildman–Crippen LogP) is 1.09. The summed E-state index contributed by atoms with van der Waals surface area (Å²) >= 11 is 0. The van der Waals surface area contributed by atoms with Gasteiger partial charge in [-0.25, -0.2) is 4.79 Å². The first kappa shape index (κ1) is 15.0. The predicted molar refractivity (Wildman–Crippen MR) is 73.5 cm³/mol. The molecule has 9 nitrogen and oxygen atoms in total. The number of hydrogen-bond acceptors (Lipinski definition) is 6. The van der Waals surface area contributed by atoms with Crippen molar-refractivity contribution in [3.8, 4) is 0 Å². The van der Waals surface area contributed by atoms with Crippen LogP contribution in [0.4, 0.5) is 16.3 Å². The average molecular weight is 296 g/mol. The van der Waals surface area contributed by atoms with E-state index in [0.29, 0.717) is 24.5 Å². The highest BCUT2D eigenvalue weighted by molar-refractivity contribution is 5.65. The number of anilines is 1. The molecule has 0 spiro atoms. The molecule has 0 aromatic carbocycles. The van der Waals surface area contributed by atoms with Crippen molar-refractivity contribution in [1.82, 2.24) is 9.88 Å². The van der Waals surface area contributed by atoms with Crippen LogP contribution >= 0.6 is 0 Å². The van der Waals surface area contributed by atoms with E-state index < -0.39 is 11.0 Å². The van der Waals surface area contributed by atoms with Gasteiger partial charge in [0.05, 0.1) is 19.3 Å². The summed E-state index contributed by atoms with van der Waals surface area (Å²) in [7, 11) is 0. The molecule has 1 aromatic heterocycles. The smallest absolute Gasteiger partial charge is 0.407 e. The number of morpholine rings is 1. The Morgan fingerprint density at radius 1 is 1.67 bits per heavy atom. The number of nitrogens with zero attached hydrogens (tertiary/aromatic N) is 3. The van der Waals surface area contributed by atoms with Gasteiger partial charge in [-0.15, -0.1) is 0 Å². The van der Waals surface area contributed by atoms with Crippen molar-refractivity contribution in [2.24, 2.45) is 0 Å². The second kappa shape index (κ2) is 6.35. The van der Waals surface area contributed by atoms with Gasteiger partial charge in [-0.3, -0.25) is 0 Å². The van der Waals surface area contributed by atoms with E-state index in [4.69, 9.17) is 9.84 Å². The SMILES string of the molecule is Cc1ccc(NC[C@H]2CN(C(=O)O)CCO2)c([N+](=O)[O-])n1. The van der Waals surface area contributed by atoms with Crippen LogP contribution in [0.2, 0.25) is 0 Å². The number of nitrogens with one attached hydrogen (secondary N) is 1. The van der Waals surface area contributed by atoms with Crippen LogP contribution in [0, 0.1) is 17.0 Å². The molecule has 0 unspecified atom stereocenters. The summed E-state index contributed by atoms with van der Waals surface area (Å²) in [6, 6.07) is 3.25. The van der Waals surface area contributed by atoms with Crippen LogP contribution in [0.25, 0.3) is 0 Å². The molecular weight excluding hydrogens is 280 g/mol. The molecular formula is C12H16N4O5. The van der Waals surface area contributed by atoms with Crippen LogP contribution in [0.3, 0.4) is 0 Å². The molecule has 114 valence electrons. The van der Waals surface area contributed by atoms with Crippen LogP contribution in [0.5, 0.6) is 0 Å². The molecule has 1 atom stereocenters. The Hall–Kier alpha value is -2.42. The Morgan fingerprint density at radius 3 is 3.10 bits per heavy atom. The van der Waals surface area contributed by atoms with Crippen molar-refractivity contribution >= 4 is 17.6 Å². The first-order chi connectivity index (χ1) is 9.97. The summed E-state index contributed by atoms with van der Waals surface area (Å²) in [5.74, 6) is -0.249. The van der Waals surface area contributed by atoms with E-state index in [0.717, 1.165) is 0 Å². The molecule has 1 aliphatic heterocycles. The highest BCUT2D eigenvalue weighted by Gasteiger charge is 2.24. The first-order valence-electron chi connectivity index (χ1n) is 6.42. The number of hydrogen-bond donors (Lipinski definition) is 2. The Kier molecular flexibility index (Phi) is 4.53. The third-order valence-electron chi connectivity index (χ3n) is 3.12. The molecule has 1 saturated heterocycles. The van der Waals surface area contributed by atoms with Gasteiger partial charge >= 0.3 is 11.9 Å². The Labute approximate surface area is 120 Å². The van der Waals surface area contributed by atoms with Gasteiger partial charge in [0.2, 0.25) is 0 Å². The number of nitro groups is 1. The molecule has 2 N–H and O–H groups in total.